The van der Waals surface area contributed by atoms with Gasteiger partial charge in [0.05, 0.1) is 22.4 Å². The van der Waals surface area contributed by atoms with Crippen molar-refractivity contribution in [1.82, 2.24) is 14.5 Å². The smallest absolute Gasteiger partial charge is 0.270 e. The summed E-state index contributed by atoms with van der Waals surface area (Å²) in [5.74, 6) is 0.895. The zero-order valence-corrected chi connectivity index (χ0v) is 13.2. The van der Waals surface area contributed by atoms with E-state index >= 15 is 0 Å². The van der Waals surface area contributed by atoms with Crippen molar-refractivity contribution in [3.63, 3.8) is 0 Å². The van der Waals surface area contributed by atoms with Crippen LogP contribution in [0.2, 0.25) is 0 Å². The van der Waals surface area contributed by atoms with E-state index in [4.69, 9.17) is 5.73 Å². The molecule has 1 amide bonds. The van der Waals surface area contributed by atoms with Crippen LogP contribution >= 0.6 is 0 Å². The summed E-state index contributed by atoms with van der Waals surface area (Å²) in [7, 11) is 0. The van der Waals surface area contributed by atoms with Crippen molar-refractivity contribution in [2.24, 2.45) is 0 Å². The van der Waals surface area contributed by atoms with Gasteiger partial charge in [-0.25, -0.2) is 9.97 Å². The second-order valence-corrected chi connectivity index (χ2v) is 5.23. The molecule has 0 atom stereocenters. The molecule has 0 aliphatic rings. The number of nitro groups is 1. The molecule has 1 aromatic carbocycles. The number of rotatable bonds is 4. The first-order chi connectivity index (χ1) is 12.0. The highest BCUT2D eigenvalue weighted by molar-refractivity contribution is 6.08. The highest BCUT2D eigenvalue weighted by Gasteiger charge is 2.15. The molecule has 0 saturated carbocycles. The van der Waals surface area contributed by atoms with Crippen LogP contribution < -0.4 is 11.1 Å². The van der Waals surface area contributed by atoms with Gasteiger partial charge >= 0.3 is 0 Å². The molecule has 9 heteroatoms. The average Bonchev–Trinajstić information content (AvgIpc) is 3.01. The van der Waals surface area contributed by atoms with Crippen LogP contribution in [0.15, 0.2) is 48.9 Å². The first kappa shape index (κ1) is 16.1. The summed E-state index contributed by atoms with van der Waals surface area (Å²) in [6.07, 6.45) is 4.93. The van der Waals surface area contributed by atoms with Gasteiger partial charge in [0.25, 0.3) is 11.6 Å². The van der Waals surface area contributed by atoms with E-state index in [1.807, 2.05) is 6.92 Å². The molecule has 0 aliphatic carbocycles. The van der Waals surface area contributed by atoms with E-state index < -0.39 is 10.8 Å². The topological polar surface area (TPSA) is 129 Å². The third-order valence-corrected chi connectivity index (χ3v) is 3.57. The summed E-state index contributed by atoms with van der Waals surface area (Å²) in [5, 5.41) is 13.5. The molecule has 0 spiro atoms. The van der Waals surface area contributed by atoms with E-state index in [0.29, 0.717) is 11.5 Å². The Balaban J connectivity index is 1.81. The van der Waals surface area contributed by atoms with Crippen LogP contribution in [-0.2, 0) is 0 Å². The lowest BCUT2D eigenvalue weighted by atomic mass is 10.1. The number of carbonyl (C=O) groups is 1. The maximum Gasteiger partial charge on any atom is 0.270 e. The van der Waals surface area contributed by atoms with Crippen LogP contribution in [0.5, 0.6) is 0 Å². The molecule has 3 N–H and O–H groups in total. The standard InChI is InChI=1S/C16H14N6O3/c1-10-18-6-7-21(10)15-5-2-11(9-19-15)20-16(23)13-8-12(22(24)25)3-4-14(13)17/h2-9H,17H2,1H3,(H,20,23). The maximum atomic E-state index is 12.3. The Labute approximate surface area is 142 Å². The number of amides is 1. The summed E-state index contributed by atoms with van der Waals surface area (Å²) in [6, 6.07) is 7.11. The molecule has 3 aromatic rings. The third-order valence-electron chi connectivity index (χ3n) is 3.57. The van der Waals surface area contributed by atoms with Gasteiger partial charge in [0, 0.05) is 30.2 Å². The summed E-state index contributed by atoms with van der Waals surface area (Å²) in [4.78, 5) is 31.0. The van der Waals surface area contributed by atoms with Crippen molar-refractivity contribution < 1.29 is 9.72 Å². The van der Waals surface area contributed by atoms with Crippen LogP contribution in [-0.4, -0.2) is 25.4 Å². The minimum atomic E-state index is -0.583. The van der Waals surface area contributed by atoms with E-state index in [9.17, 15) is 14.9 Å². The fourth-order valence-corrected chi connectivity index (χ4v) is 2.28. The highest BCUT2D eigenvalue weighted by atomic mass is 16.6. The maximum absolute atomic E-state index is 12.3. The molecule has 0 saturated heterocycles. The molecule has 0 fully saturated rings. The molecule has 2 heterocycles. The second-order valence-electron chi connectivity index (χ2n) is 5.23. The lowest BCUT2D eigenvalue weighted by Crippen LogP contribution is -2.14. The number of hydrogen-bond acceptors (Lipinski definition) is 6. The lowest BCUT2D eigenvalue weighted by molar-refractivity contribution is -0.384. The van der Waals surface area contributed by atoms with Crippen LogP contribution in [0.1, 0.15) is 16.2 Å². The number of aromatic nitrogens is 3. The first-order valence-corrected chi connectivity index (χ1v) is 7.27. The van der Waals surface area contributed by atoms with Crippen LogP contribution in [0.4, 0.5) is 17.1 Å². The van der Waals surface area contributed by atoms with Crippen LogP contribution in [0.3, 0.4) is 0 Å². The number of pyridine rings is 1. The molecule has 126 valence electrons. The molecule has 0 aliphatic heterocycles. The number of nitro benzene ring substituents is 1. The minimum absolute atomic E-state index is 0.0312. The van der Waals surface area contributed by atoms with Crippen molar-refractivity contribution in [3.8, 4) is 5.82 Å². The predicted molar refractivity (Wildman–Crippen MR) is 91.6 cm³/mol. The quantitative estimate of drug-likeness (QED) is 0.426. The van der Waals surface area contributed by atoms with Crippen LogP contribution in [0, 0.1) is 17.0 Å². The van der Waals surface area contributed by atoms with Gasteiger partial charge in [-0.2, -0.15) is 0 Å². The number of nitrogens with one attached hydrogen (secondary N) is 1. The Morgan fingerprint density at radius 1 is 1.28 bits per heavy atom. The summed E-state index contributed by atoms with van der Waals surface area (Å²) in [5.41, 5.74) is 6.16. The second kappa shape index (κ2) is 6.40. The Morgan fingerprint density at radius 3 is 2.68 bits per heavy atom. The zero-order valence-electron chi connectivity index (χ0n) is 13.2. The molecule has 9 nitrogen and oxygen atoms in total. The van der Waals surface area contributed by atoms with E-state index in [2.05, 4.69) is 15.3 Å². The largest absolute Gasteiger partial charge is 0.398 e. The Morgan fingerprint density at radius 2 is 2.08 bits per heavy atom. The SMILES string of the molecule is Cc1nccn1-c1ccc(NC(=O)c2cc([N+](=O)[O-])ccc2N)cn1. The molecule has 0 radical (unpaired) electrons. The number of nitrogen functional groups attached to an aromatic ring is 1. The van der Waals surface area contributed by atoms with Crippen molar-refractivity contribution in [1.29, 1.82) is 0 Å². The predicted octanol–water partition coefficient (Wildman–Crippen LogP) is 2.32. The van der Waals surface area contributed by atoms with E-state index in [1.54, 1.807) is 29.1 Å². The van der Waals surface area contributed by atoms with Gasteiger partial charge in [0.2, 0.25) is 0 Å². The van der Waals surface area contributed by atoms with Gasteiger partial charge in [-0.1, -0.05) is 0 Å². The van der Waals surface area contributed by atoms with E-state index in [-0.39, 0.29) is 16.9 Å². The number of nitrogens with zero attached hydrogens (tertiary/aromatic N) is 4. The highest BCUT2D eigenvalue weighted by Crippen LogP contribution is 2.21. The van der Waals surface area contributed by atoms with E-state index in [0.717, 1.165) is 11.9 Å². The number of aryl methyl sites for hydroxylation is 1. The molecule has 25 heavy (non-hydrogen) atoms. The van der Waals surface area contributed by atoms with Crippen molar-refractivity contribution in [2.45, 2.75) is 6.92 Å². The third kappa shape index (κ3) is 3.29. The first-order valence-electron chi connectivity index (χ1n) is 7.27. The van der Waals surface area contributed by atoms with Gasteiger partial charge < -0.3 is 11.1 Å². The molecular weight excluding hydrogens is 324 g/mol. The Hall–Kier alpha value is -3.75. The molecule has 0 unspecified atom stereocenters. The Kier molecular flexibility index (Phi) is 4.12. The normalized spacial score (nSPS) is 10.4. The van der Waals surface area contributed by atoms with Crippen molar-refractivity contribution >= 4 is 23.0 Å². The molecule has 3 rings (SSSR count). The summed E-state index contributed by atoms with van der Waals surface area (Å²) < 4.78 is 1.80. The molecular formula is C16H14N6O3. The zero-order chi connectivity index (χ0) is 18.0. The minimum Gasteiger partial charge on any atom is -0.398 e. The summed E-state index contributed by atoms with van der Waals surface area (Å²) in [6.45, 7) is 1.85. The fourth-order valence-electron chi connectivity index (χ4n) is 2.28. The number of imidazole rings is 1. The number of anilines is 2. The molecule has 0 bridgehead atoms. The number of carbonyl (C=O) groups excluding carboxylic acids is 1. The van der Waals surface area contributed by atoms with Gasteiger partial charge in [-0.15, -0.1) is 0 Å². The van der Waals surface area contributed by atoms with Gasteiger partial charge in [-0.05, 0) is 25.1 Å². The van der Waals surface area contributed by atoms with Crippen LogP contribution in [0.25, 0.3) is 5.82 Å². The number of non-ortho nitro benzene ring substituents is 1. The molecule has 2 aromatic heterocycles. The number of hydrogen-bond donors (Lipinski definition) is 2. The van der Waals surface area contributed by atoms with Crippen molar-refractivity contribution in [2.75, 3.05) is 11.1 Å². The monoisotopic (exact) mass is 338 g/mol. The average molecular weight is 338 g/mol. The summed E-state index contributed by atoms with van der Waals surface area (Å²) >= 11 is 0. The number of benzene rings is 1. The number of nitrogens with two attached hydrogens (primary N) is 1. The van der Waals surface area contributed by atoms with Crippen molar-refractivity contribution in [3.05, 3.63) is 70.4 Å². The van der Waals surface area contributed by atoms with Gasteiger partial charge in [0.15, 0.2) is 0 Å². The lowest BCUT2D eigenvalue weighted by Gasteiger charge is -2.09. The Bertz CT molecular complexity index is 949. The van der Waals surface area contributed by atoms with Gasteiger partial charge in [0.1, 0.15) is 11.6 Å². The fraction of sp³-hybridized carbons (Fsp3) is 0.0625. The van der Waals surface area contributed by atoms with E-state index in [1.165, 1.54) is 18.3 Å². The van der Waals surface area contributed by atoms with Gasteiger partial charge in [-0.3, -0.25) is 19.5 Å².